The Kier molecular flexibility index (Phi) is 2.82. The van der Waals surface area contributed by atoms with Gasteiger partial charge in [-0.25, -0.2) is 0 Å². The van der Waals surface area contributed by atoms with E-state index in [4.69, 9.17) is 4.55 Å². The Morgan fingerprint density at radius 3 is 2.62 bits per heavy atom. The van der Waals surface area contributed by atoms with Gasteiger partial charge in [0.15, 0.2) is 0 Å². The van der Waals surface area contributed by atoms with Crippen molar-refractivity contribution in [3.8, 4) is 0 Å². The number of fused-ring (bicyclic) bond motifs is 1. The van der Waals surface area contributed by atoms with Crippen LogP contribution in [0, 0.1) is 0 Å². The number of carbonyl (C=O) groups excluding carboxylic acids is 1. The molecule has 0 saturated carbocycles. The van der Waals surface area contributed by atoms with Gasteiger partial charge in [0.2, 0.25) is 0 Å². The summed E-state index contributed by atoms with van der Waals surface area (Å²) in [5.41, 5.74) is 2.55. The molecule has 0 atom stereocenters. The van der Waals surface area contributed by atoms with E-state index in [1.807, 2.05) is 0 Å². The fourth-order valence-electron chi connectivity index (χ4n) is 1.96. The summed E-state index contributed by atoms with van der Waals surface area (Å²) in [6.07, 6.45) is 1.61. The third-order valence-electron chi connectivity index (χ3n) is 2.68. The number of hydrogen-bond acceptors (Lipinski definition) is 3. The third-order valence-corrected chi connectivity index (χ3v) is 3.38. The van der Waals surface area contributed by atoms with E-state index in [0.29, 0.717) is 24.8 Å². The van der Waals surface area contributed by atoms with Gasteiger partial charge in [-0.1, -0.05) is 18.2 Å². The average Bonchev–Trinajstić information content (AvgIpc) is 2.16. The van der Waals surface area contributed by atoms with Gasteiger partial charge in [0.25, 0.3) is 10.1 Å². The van der Waals surface area contributed by atoms with E-state index in [1.54, 1.807) is 18.2 Å². The van der Waals surface area contributed by atoms with Crippen LogP contribution in [0.25, 0.3) is 0 Å². The summed E-state index contributed by atoms with van der Waals surface area (Å²) in [7, 11) is -3.98. The summed E-state index contributed by atoms with van der Waals surface area (Å²) in [4.78, 5) is 11.2. The van der Waals surface area contributed by atoms with Crippen LogP contribution >= 0.6 is 0 Å². The highest BCUT2D eigenvalue weighted by Crippen LogP contribution is 2.21. The fraction of sp³-hybridized carbons (Fsp3) is 0.364. The first-order chi connectivity index (χ1) is 7.44. The molecule has 1 N–H and O–H groups in total. The predicted octanol–water partition coefficient (Wildman–Crippen LogP) is 1.13. The molecular formula is C11H12O4S. The van der Waals surface area contributed by atoms with Gasteiger partial charge < -0.3 is 0 Å². The maximum atomic E-state index is 11.2. The topological polar surface area (TPSA) is 71.4 Å². The van der Waals surface area contributed by atoms with Crippen molar-refractivity contribution in [2.24, 2.45) is 0 Å². The zero-order valence-electron chi connectivity index (χ0n) is 8.64. The number of carbonyl (C=O) groups is 1. The van der Waals surface area contributed by atoms with Crippen LogP contribution in [0.3, 0.4) is 0 Å². The molecule has 0 unspecified atom stereocenters. The standard InChI is InChI=1S/C11H12O4S/c12-11-4-3-9-5-8(7-16(13,14)15)1-2-10(9)6-11/h1-2,5H,3-4,6-7H2,(H,13,14,15). The minimum absolute atomic E-state index is 0.218. The maximum absolute atomic E-state index is 11.2. The first-order valence-corrected chi connectivity index (χ1v) is 6.62. The molecule has 0 radical (unpaired) electrons. The second kappa shape index (κ2) is 3.99. The molecule has 2 rings (SSSR count). The number of benzene rings is 1. The largest absolute Gasteiger partial charge is 0.299 e. The van der Waals surface area contributed by atoms with E-state index >= 15 is 0 Å². The second-order valence-electron chi connectivity index (χ2n) is 4.04. The Morgan fingerprint density at radius 1 is 1.19 bits per heavy atom. The second-order valence-corrected chi connectivity index (χ2v) is 5.50. The molecule has 0 amide bonds. The lowest BCUT2D eigenvalue weighted by Gasteiger charge is -2.15. The summed E-state index contributed by atoms with van der Waals surface area (Å²) in [6.45, 7) is 0. The zero-order valence-corrected chi connectivity index (χ0v) is 9.46. The van der Waals surface area contributed by atoms with Crippen LogP contribution in [-0.2, 0) is 33.5 Å². The lowest BCUT2D eigenvalue weighted by molar-refractivity contribution is -0.118. The third kappa shape index (κ3) is 2.68. The molecule has 0 aliphatic heterocycles. The summed E-state index contributed by atoms with van der Waals surface area (Å²) in [5.74, 6) is -0.149. The summed E-state index contributed by atoms with van der Waals surface area (Å²) >= 11 is 0. The Labute approximate surface area is 94.0 Å². The molecule has 5 heteroatoms. The van der Waals surface area contributed by atoms with Crippen LogP contribution in [-0.4, -0.2) is 18.8 Å². The van der Waals surface area contributed by atoms with Crippen LogP contribution in [0.2, 0.25) is 0 Å². The first kappa shape index (κ1) is 11.3. The smallest absolute Gasteiger partial charge is 0.269 e. The first-order valence-electron chi connectivity index (χ1n) is 5.01. The number of aryl methyl sites for hydroxylation is 1. The van der Waals surface area contributed by atoms with Gasteiger partial charge in [-0.2, -0.15) is 8.42 Å². The van der Waals surface area contributed by atoms with Crippen LogP contribution in [0.15, 0.2) is 18.2 Å². The van der Waals surface area contributed by atoms with Crippen molar-refractivity contribution >= 4 is 15.9 Å². The molecule has 1 aliphatic carbocycles. The van der Waals surface area contributed by atoms with Gasteiger partial charge in [0.1, 0.15) is 11.5 Å². The van der Waals surface area contributed by atoms with E-state index in [0.717, 1.165) is 11.1 Å². The Balaban J connectivity index is 2.30. The molecule has 1 aromatic rings. The van der Waals surface area contributed by atoms with Crippen molar-refractivity contribution in [1.82, 2.24) is 0 Å². The van der Waals surface area contributed by atoms with Crippen LogP contribution in [0.4, 0.5) is 0 Å². The van der Waals surface area contributed by atoms with E-state index < -0.39 is 10.1 Å². The molecule has 1 aromatic carbocycles. The highest BCUT2D eigenvalue weighted by atomic mass is 32.2. The number of ketones is 1. The average molecular weight is 240 g/mol. The SMILES string of the molecule is O=C1CCc2cc(CS(=O)(=O)O)ccc2C1. The van der Waals surface area contributed by atoms with E-state index in [-0.39, 0.29) is 11.5 Å². The minimum Gasteiger partial charge on any atom is -0.299 e. The Morgan fingerprint density at radius 2 is 1.94 bits per heavy atom. The van der Waals surface area contributed by atoms with Gasteiger partial charge in [-0.3, -0.25) is 9.35 Å². The van der Waals surface area contributed by atoms with Crippen molar-refractivity contribution in [2.45, 2.75) is 25.0 Å². The number of Topliss-reactive ketones (excluding diaryl/α,β-unsaturated/α-hetero) is 1. The Hall–Kier alpha value is -1.20. The van der Waals surface area contributed by atoms with Gasteiger partial charge in [-0.05, 0) is 23.1 Å². The van der Waals surface area contributed by atoms with Crippen molar-refractivity contribution in [3.63, 3.8) is 0 Å². The van der Waals surface area contributed by atoms with Crippen molar-refractivity contribution in [2.75, 3.05) is 0 Å². The van der Waals surface area contributed by atoms with Crippen LogP contribution < -0.4 is 0 Å². The normalized spacial score (nSPS) is 15.9. The summed E-state index contributed by atoms with van der Waals surface area (Å²) in [6, 6.07) is 5.17. The lowest BCUT2D eigenvalue weighted by Crippen LogP contribution is -2.13. The minimum atomic E-state index is -3.98. The zero-order chi connectivity index (χ0) is 11.8. The molecular weight excluding hydrogens is 228 g/mol. The Bertz CT molecular complexity index is 531. The quantitative estimate of drug-likeness (QED) is 0.787. The fourth-order valence-corrected chi connectivity index (χ4v) is 2.56. The maximum Gasteiger partial charge on any atom is 0.269 e. The molecule has 4 nitrogen and oxygen atoms in total. The van der Waals surface area contributed by atoms with Gasteiger partial charge >= 0.3 is 0 Å². The molecule has 0 heterocycles. The van der Waals surface area contributed by atoms with E-state index in [1.165, 1.54) is 0 Å². The van der Waals surface area contributed by atoms with Crippen LogP contribution in [0.1, 0.15) is 23.1 Å². The molecule has 1 aliphatic rings. The van der Waals surface area contributed by atoms with Gasteiger partial charge in [0.05, 0.1) is 0 Å². The van der Waals surface area contributed by atoms with Crippen LogP contribution in [0.5, 0.6) is 0 Å². The highest BCUT2D eigenvalue weighted by Gasteiger charge is 2.16. The molecule has 86 valence electrons. The number of hydrogen-bond donors (Lipinski definition) is 1. The van der Waals surface area contributed by atoms with Crippen molar-refractivity contribution < 1.29 is 17.8 Å². The molecule has 16 heavy (non-hydrogen) atoms. The lowest BCUT2D eigenvalue weighted by atomic mass is 9.90. The van der Waals surface area contributed by atoms with Crippen molar-refractivity contribution in [3.05, 3.63) is 34.9 Å². The summed E-state index contributed by atoms with van der Waals surface area (Å²) in [5, 5.41) is 0. The molecule has 0 spiro atoms. The summed E-state index contributed by atoms with van der Waals surface area (Å²) < 4.78 is 30.2. The highest BCUT2D eigenvalue weighted by molar-refractivity contribution is 7.85. The van der Waals surface area contributed by atoms with Crippen molar-refractivity contribution in [1.29, 1.82) is 0 Å². The monoisotopic (exact) mass is 240 g/mol. The van der Waals surface area contributed by atoms with Gasteiger partial charge in [0, 0.05) is 12.8 Å². The van der Waals surface area contributed by atoms with Gasteiger partial charge in [-0.15, -0.1) is 0 Å². The van der Waals surface area contributed by atoms with E-state index in [9.17, 15) is 13.2 Å². The molecule has 0 aromatic heterocycles. The number of rotatable bonds is 2. The molecule has 0 bridgehead atoms. The predicted molar refractivity (Wildman–Crippen MR) is 58.7 cm³/mol. The van der Waals surface area contributed by atoms with E-state index in [2.05, 4.69) is 0 Å². The molecule has 0 fully saturated rings. The molecule has 0 saturated heterocycles.